The average molecular weight is 1290 g/mol. The van der Waals surface area contributed by atoms with E-state index in [1.165, 1.54) is 52.1 Å². The van der Waals surface area contributed by atoms with Gasteiger partial charge in [-0.15, -0.1) is 0 Å². The Kier molecular flexibility index (Phi) is 22.5. The molecule has 93 heavy (non-hydrogen) atoms. The minimum Gasteiger partial charge on any atom is -1.00 e. The van der Waals surface area contributed by atoms with Gasteiger partial charge in [0.25, 0.3) is 5.91 Å². The van der Waals surface area contributed by atoms with E-state index in [-0.39, 0.29) is 60.1 Å². The van der Waals surface area contributed by atoms with Crippen molar-refractivity contribution in [2.24, 2.45) is 5.92 Å². The molecule has 1 saturated carbocycles. The van der Waals surface area contributed by atoms with Crippen molar-refractivity contribution in [3.8, 4) is 68.2 Å². The lowest BCUT2D eigenvalue weighted by Gasteiger charge is -2.40. The second-order valence-electron chi connectivity index (χ2n) is 24.5. The van der Waals surface area contributed by atoms with Gasteiger partial charge in [0.05, 0.1) is 58.2 Å². The number of hydrogen-bond donors (Lipinski definition) is 1. The van der Waals surface area contributed by atoms with Crippen molar-refractivity contribution in [1.82, 2.24) is 29.2 Å². The van der Waals surface area contributed by atoms with Crippen LogP contribution in [-0.2, 0) is 24.2 Å². The topological polar surface area (TPSA) is 162 Å². The summed E-state index contributed by atoms with van der Waals surface area (Å²) in [4.78, 5) is 56.6. The van der Waals surface area contributed by atoms with E-state index in [0.717, 1.165) is 109 Å². The molecule has 17 nitrogen and oxygen atoms in total. The van der Waals surface area contributed by atoms with Crippen molar-refractivity contribution >= 4 is 34.5 Å². The van der Waals surface area contributed by atoms with Crippen molar-refractivity contribution in [2.75, 3.05) is 92.7 Å². The molecular formula is C75H90ClN7O10. The minimum atomic E-state index is -0.710. The summed E-state index contributed by atoms with van der Waals surface area (Å²) < 4.78 is 47.3. The van der Waals surface area contributed by atoms with Gasteiger partial charge in [-0.3, -0.25) is 14.5 Å². The third-order valence-corrected chi connectivity index (χ3v) is 19.2. The van der Waals surface area contributed by atoms with E-state index in [9.17, 15) is 9.59 Å². The summed E-state index contributed by atoms with van der Waals surface area (Å²) in [6, 6.07) is 35.4. The van der Waals surface area contributed by atoms with E-state index >= 15 is 4.79 Å². The molecule has 492 valence electrons. The van der Waals surface area contributed by atoms with Crippen LogP contribution in [0.1, 0.15) is 129 Å². The maximum absolute atomic E-state index is 15.3. The molecule has 0 bridgehead atoms. The average Bonchev–Trinajstić information content (AvgIpc) is 1.66. The van der Waals surface area contributed by atoms with Gasteiger partial charge in [0.1, 0.15) is 30.3 Å². The Morgan fingerprint density at radius 3 is 2.18 bits per heavy atom. The number of anilines is 1. The number of likely N-dealkylation sites (tertiary alicyclic amines) is 1. The molecule has 2 atom stereocenters. The molecule has 2 aliphatic carbocycles. The zero-order chi connectivity index (χ0) is 64.4. The Morgan fingerprint density at radius 1 is 0.710 bits per heavy atom. The van der Waals surface area contributed by atoms with Gasteiger partial charge < -0.3 is 64.9 Å². The number of aryl methyl sites for hydroxylation is 2. The molecule has 11 rings (SSSR count). The number of hydrogen-bond acceptors (Lipinski definition) is 14. The lowest BCUT2D eigenvalue weighted by Crippen LogP contribution is -3.00. The Labute approximate surface area is 553 Å². The van der Waals surface area contributed by atoms with E-state index in [1.54, 1.807) is 51.7 Å². The molecule has 2 fully saturated rings. The van der Waals surface area contributed by atoms with Gasteiger partial charge in [-0.2, -0.15) is 0 Å². The van der Waals surface area contributed by atoms with Crippen LogP contribution < -0.4 is 61.0 Å². The SMILES string of the molecule is CCN(CC)c1ccc2c(-c3ccccc3C(=O)Oc3c(OC)ccc(CCc4cc(OC)c(OC)c(OC)c4)c3OC(=O)CCNC(=O)c3cccc(-c4cn5c(n4)[C@H](CC4CCCCC4)N(C[C@@H]4CCCN4C)CC5)c3)c3ccc(=[N+](CC)CC)cc-3oc2c1.[Cl-]. The fourth-order valence-corrected chi connectivity index (χ4v) is 14.1. The van der Waals surface area contributed by atoms with Gasteiger partial charge in [-0.05, 0) is 151 Å². The summed E-state index contributed by atoms with van der Waals surface area (Å²) in [7, 11) is 8.41. The summed E-state index contributed by atoms with van der Waals surface area (Å²) in [5, 5.41) is 4.80. The van der Waals surface area contributed by atoms with Gasteiger partial charge in [-0.25, -0.2) is 14.4 Å². The van der Waals surface area contributed by atoms with Crippen LogP contribution in [-0.4, -0.2) is 131 Å². The lowest BCUT2D eigenvalue weighted by molar-refractivity contribution is -0.134. The maximum Gasteiger partial charge on any atom is 0.344 e. The molecule has 0 spiro atoms. The standard InChI is InChI=1S/C75H89N7O10.ClH/c1-10-79(11-2)54-31-33-59-64(45-54)90-65-46-55(80(12-3)13-4)32-34-60(65)69(59)57-26-17-18-27-58(57)75(85)92-72-63(86-6)35-30-51(29-28-50-42-66(87-7)71(89-9)67(43-50)88-8)70(72)91-68(83)36-37-76-74(84)53-24-19-23-52(44-53)61-48-82-40-39-81(47-56-25-20-38-78(56)5)62(73(82)77-61)41-49-21-15-14-16-22-49;/h17-19,23-24,26-27,30-35,42-46,48-49,56,62H,10-16,20-22,25,28-29,36-41,47H2,1-9H3;1H/t56-,62-;/m0./s1. The third kappa shape index (κ3) is 14.9. The first-order chi connectivity index (χ1) is 44.9. The highest BCUT2D eigenvalue weighted by molar-refractivity contribution is 6.09. The molecular weight excluding hydrogens is 1190 g/mol. The number of carbonyl (C=O) groups is 3. The van der Waals surface area contributed by atoms with Crippen LogP contribution in [0.15, 0.2) is 120 Å². The number of amides is 1. The minimum absolute atomic E-state index is 0. The molecule has 0 unspecified atom stereocenters. The summed E-state index contributed by atoms with van der Waals surface area (Å²) in [5.74, 6) is 2.28. The number of halogens is 1. The molecule has 6 aromatic rings. The van der Waals surface area contributed by atoms with Crippen molar-refractivity contribution in [2.45, 2.75) is 117 Å². The normalized spacial score (nSPS) is 15.9. The van der Waals surface area contributed by atoms with Crippen LogP contribution >= 0.6 is 0 Å². The van der Waals surface area contributed by atoms with Gasteiger partial charge in [-0.1, -0.05) is 68.5 Å². The highest BCUT2D eigenvalue weighted by Gasteiger charge is 2.36. The quantitative estimate of drug-likeness (QED) is 0.0249. The lowest BCUT2D eigenvalue weighted by atomic mass is 9.84. The molecule has 1 amide bonds. The number of esters is 2. The van der Waals surface area contributed by atoms with Crippen LogP contribution in [0.5, 0.6) is 34.5 Å². The van der Waals surface area contributed by atoms with E-state index in [1.807, 2.05) is 42.5 Å². The number of nitrogens with one attached hydrogen (secondary N) is 1. The molecule has 5 aliphatic rings. The van der Waals surface area contributed by atoms with Crippen LogP contribution in [0.4, 0.5) is 5.69 Å². The summed E-state index contributed by atoms with van der Waals surface area (Å²) in [5.41, 5.74) is 7.71. The molecule has 1 saturated heterocycles. The Balaban J connectivity index is 0.00000946. The first-order valence-corrected chi connectivity index (χ1v) is 33.1. The number of ether oxygens (including phenoxy) is 6. The third-order valence-electron chi connectivity index (χ3n) is 19.2. The molecule has 18 heteroatoms. The van der Waals surface area contributed by atoms with Crippen LogP contribution in [0.2, 0.25) is 0 Å². The zero-order valence-corrected chi connectivity index (χ0v) is 56.2. The van der Waals surface area contributed by atoms with Crippen molar-refractivity contribution in [3.63, 3.8) is 0 Å². The van der Waals surface area contributed by atoms with Gasteiger partial charge in [0.15, 0.2) is 23.0 Å². The Bertz CT molecular complexity index is 3950. The van der Waals surface area contributed by atoms with Crippen molar-refractivity contribution < 1.29 is 59.6 Å². The molecule has 4 heterocycles. The predicted molar refractivity (Wildman–Crippen MR) is 361 cm³/mol. The number of benzene rings is 6. The fraction of sp³-hybridized carbons (Fsp3) is 0.427. The highest BCUT2D eigenvalue weighted by atomic mass is 35.5. The number of carbonyl (C=O) groups excluding carboxylic acids is 3. The molecule has 1 aromatic heterocycles. The smallest absolute Gasteiger partial charge is 0.344 e. The van der Waals surface area contributed by atoms with Crippen molar-refractivity contribution in [3.05, 3.63) is 149 Å². The zero-order valence-electron chi connectivity index (χ0n) is 55.5. The van der Waals surface area contributed by atoms with Crippen LogP contribution in [0.3, 0.4) is 0 Å². The first-order valence-electron chi connectivity index (χ1n) is 33.1. The van der Waals surface area contributed by atoms with E-state index in [0.29, 0.717) is 70.1 Å². The van der Waals surface area contributed by atoms with Crippen molar-refractivity contribution in [1.29, 1.82) is 0 Å². The molecule has 0 radical (unpaired) electrons. The second kappa shape index (κ2) is 31.0. The fourth-order valence-electron chi connectivity index (χ4n) is 14.1. The maximum atomic E-state index is 15.3. The molecule has 5 aromatic carbocycles. The summed E-state index contributed by atoms with van der Waals surface area (Å²) in [6.45, 7) is 15.8. The Hall–Kier alpha value is -8.38. The Morgan fingerprint density at radius 2 is 1.47 bits per heavy atom. The monoisotopic (exact) mass is 1280 g/mol. The number of likely N-dealkylation sites (N-methyl/N-ethyl adjacent to an activating group) is 1. The number of aromatic nitrogens is 2. The summed E-state index contributed by atoms with van der Waals surface area (Å²) >= 11 is 0. The van der Waals surface area contributed by atoms with Gasteiger partial charge >= 0.3 is 11.9 Å². The number of imidazole rings is 1. The van der Waals surface area contributed by atoms with Gasteiger partial charge in [0.2, 0.25) is 16.9 Å². The van der Waals surface area contributed by atoms with Crippen LogP contribution in [0, 0.1) is 5.92 Å². The summed E-state index contributed by atoms with van der Waals surface area (Å²) in [6.07, 6.45) is 12.8. The predicted octanol–water partition coefficient (Wildman–Crippen LogP) is 9.92. The number of methoxy groups -OCH3 is 4. The highest BCUT2D eigenvalue weighted by Crippen LogP contribution is 2.46. The molecule has 3 aliphatic heterocycles. The number of rotatable bonds is 25. The number of nitrogens with zero attached hydrogens (tertiary/aromatic N) is 6. The largest absolute Gasteiger partial charge is 1.00 e. The van der Waals surface area contributed by atoms with Gasteiger partial charge in [0, 0.05) is 97.0 Å². The second-order valence-corrected chi connectivity index (χ2v) is 24.5. The van der Waals surface area contributed by atoms with E-state index < -0.39 is 11.9 Å². The van der Waals surface area contributed by atoms with Crippen LogP contribution in [0.25, 0.3) is 44.7 Å². The first kappa shape index (κ1) is 67.5. The number of fused-ring (bicyclic) bond motifs is 3. The van der Waals surface area contributed by atoms with E-state index in [2.05, 4.69) is 106 Å². The van der Waals surface area contributed by atoms with E-state index in [4.69, 9.17) is 37.8 Å². The molecule has 1 N–H and O–H groups in total.